The van der Waals surface area contributed by atoms with E-state index in [0.29, 0.717) is 6.42 Å². The molecule has 0 spiro atoms. The molecule has 5 heteroatoms. The summed E-state index contributed by atoms with van der Waals surface area (Å²) >= 11 is 0. The van der Waals surface area contributed by atoms with Crippen molar-refractivity contribution in [3.05, 3.63) is 36.5 Å². The van der Waals surface area contributed by atoms with Crippen LogP contribution in [0.3, 0.4) is 0 Å². The van der Waals surface area contributed by atoms with E-state index in [0.717, 1.165) is 51.4 Å². The molecule has 0 bridgehead atoms. The van der Waals surface area contributed by atoms with E-state index in [1.54, 1.807) is 6.08 Å². The standard InChI is InChI=1S/C33H61NO4/c1-3-5-7-9-11-13-14-15-16-17-18-20-22-24-26-28-32(37)33(38)34-30(29-35)31(36)27-25-23-21-19-12-10-8-6-4-2/h12,16-17,19,25,27,30-32,35-37H,3-11,13-15,18,20-24,26,28-29H2,1-2H3,(H,34,38)/b17-16-,19-12+,27-25+. The number of carbonyl (C=O) groups excluding carboxylic acids is 1. The predicted molar refractivity (Wildman–Crippen MR) is 162 cm³/mol. The average molecular weight is 536 g/mol. The number of allylic oxidation sites excluding steroid dienone is 5. The van der Waals surface area contributed by atoms with E-state index in [2.05, 4.69) is 43.5 Å². The number of hydrogen-bond acceptors (Lipinski definition) is 4. The van der Waals surface area contributed by atoms with Crippen LogP contribution in [-0.4, -0.2) is 46.1 Å². The van der Waals surface area contributed by atoms with Gasteiger partial charge in [-0.15, -0.1) is 0 Å². The number of aliphatic hydroxyl groups excluding tert-OH is 3. The van der Waals surface area contributed by atoms with E-state index in [1.807, 2.05) is 6.08 Å². The minimum absolute atomic E-state index is 0.381. The highest BCUT2D eigenvalue weighted by Gasteiger charge is 2.22. The van der Waals surface area contributed by atoms with Crippen molar-refractivity contribution in [1.82, 2.24) is 5.32 Å². The molecular formula is C33H61NO4. The Labute approximate surface area is 234 Å². The van der Waals surface area contributed by atoms with Crippen LogP contribution in [0.2, 0.25) is 0 Å². The number of hydrogen-bond donors (Lipinski definition) is 4. The summed E-state index contributed by atoms with van der Waals surface area (Å²) in [6, 6.07) is -0.814. The van der Waals surface area contributed by atoms with Gasteiger partial charge in [0.2, 0.25) is 5.91 Å². The van der Waals surface area contributed by atoms with Crippen molar-refractivity contribution >= 4 is 5.91 Å². The lowest BCUT2D eigenvalue weighted by molar-refractivity contribution is -0.131. The van der Waals surface area contributed by atoms with Crippen LogP contribution in [0.25, 0.3) is 0 Å². The largest absolute Gasteiger partial charge is 0.394 e. The Kier molecular flexibility index (Phi) is 27.5. The van der Waals surface area contributed by atoms with Crippen LogP contribution >= 0.6 is 0 Å². The molecule has 0 radical (unpaired) electrons. The van der Waals surface area contributed by atoms with Crippen LogP contribution in [0.4, 0.5) is 0 Å². The SMILES string of the molecule is CCCCC/C=C/CC/C=C/C(O)C(CO)NC(=O)C(O)CCCCCC/C=C\CCCCCCCCC. The Bertz CT molecular complexity index is 602. The Morgan fingerprint density at radius 3 is 1.66 bits per heavy atom. The van der Waals surface area contributed by atoms with Gasteiger partial charge in [0.25, 0.3) is 0 Å². The fourth-order valence-corrected chi connectivity index (χ4v) is 4.37. The number of aliphatic hydroxyl groups is 3. The average Bonchev–Trinajstić information content (AvgIpc) is 2.92. The van der Waals surface area contributed by atoms with Gasteiger partial charge in [0.05, 0.1) is 18.8 Å². The summed E-state index contributed by atoms with van der Waals surface area (Å²) < 4.78 is 0. The van der Waals surface area contributed by atoms with E-state index >= 15 is 0 Å². The Morgan fingerprint density at radius 1 is 0.632 bits per heavy atom. The maximum absolute atomic E-state index is 12.3. The van der Waals surface area contributed by atoms with Crippen molar-refractivity contribution in [2.45, 2.75) is 161 Å². The van der Waals surface area contributed by atoms with Crippen molar-refractivity contribution in [2.75, 3.05) is 6.61 Å². The van der Waals surface area contributed by atoms with Crippen LogP contribution < -0.4 is 5.32 Å². The highest BCUT2D eigenvalue weighted by Crippen LogP contribution is 2.11. The quantitative estimate of drug-likeness (QED) is 0.0641. The van der Waals surface area contributed by atoms with E-state index in [-0.39, 0.29) is 6.61 Å². The lowest BCUT2D eigenvalue weighted by atomic mass is 10.1. The number of unbranched alkanes of at least 4 members (excludes halogenated alkanes) is 15. The normalized spacial score (nSPS) is 14.6. The topological polar surface area (TPSA) is 89.8 Å². The zero-order valence-corrected chi connectivity index (χ0v) is 24.8. The smallest absolute Gasteiger partial charge is 0.249 e. The van der Waals surface area contributed by atoms with E-state index < -0.39 is 24.2 Å². The lowest BCUT2D eigenvalue weighted by Gasteiger charge is -2.21. The Morgan fingerprint density at radius 2 is 1.08 bits per heavy atom. The molecule has 0 rings (SSSR count). The first kappa shape index (κ1) is 36.6. The molecule has 0 aliphatic carbocycles. The second-order valence-corrected chi connectivity index (χ2v) is 10.6. The third-order valence-corrected chi connectivity index (χ3v) is 6.95. The molecule has 0 saturated heterocycles. The van der Waals surface area contributed by atoms with Gasteiger partial charge in [0.15, 0.2) is 0 Å². The highest BCUT2D eigenvalue weighted by molar-refractivity contribution is 5.80. The molecule has 222 valence electrons. The van der Waals surface area contributed by atoms with Crippen LogP contribution in [0, 0.1) is 0 Å². The molecule has 0 aliphatic heterocycles. The summed E-state index contributed by atoms with van der Waals surface area (Å²) in [4.78, 5) is 12.3. The molecule has 1 amide bonds. The van der Waals surface area contributed by atoms with Gasteiger partial charge < -0.3 is 20.6 Å². The third-order valence-electron chi connectivity index (χ3n) is 6.95. The first-order chi connectivity index (χ1) is 18.6. The minimum Gasteiger partial charge on any atom is -0.394 e. The van der Waals surface area contributed by atoms with Gasteiger partial charge in [-0.1, -0.05) is 121 Å². The number of carbonyl (C=O) groups is 1. The van der Waals surface area contributed by atoms with Gasteiger partial charge in [-0.2, -0.15) is 0 Å². The summed E-state index contributed by atoms with van der Waals surface area (Å²) in [5, 5.41) is 32.6. The Balaban J connectivity index is 3.85. The van der Waals surface area contributed by atoms with Gasteiger partial charge >= 0.3 is 0 Å². The maximum atomic E-state index is 12.3. The summed E-state index contributed by atoms with van der Waals surface area (Å²) in [5.41, 5.74) is 0. The fourth-order valence-electron chi connectivity index (χ4n) is 4.37. The van der Waals surface area contributed by atoms with Gasteiger partial charge in [-0.05, 0) is 57.8 Å². The van der Waals surface area contributed by atoms with Crippen LogP contribution in [-0.2, 0) is 4.79 Å². The summed E-state index contributed by atoms with van der Waals surface area (Å²) in [7, 11) is 0. The van der Waals surface area contributed by atoms with Gasteiger partial charge in [-0.3, -0.25) is 4.79 Å². The minimum atomic E-state index is -1.11. The molecule has 5 nitrogen and oxygen atoms in total. The molecule has 0 aromatic heterocycles. The molecule has 0 aromatic rings. The van der Waals surface area contributed by atoms with Crippen LogP contribution in [0.15, 0.2) is 36.5 Å². The Hall–Kier alpha value is -1.43. The first-order valence-electron chi connectivity index (χ1n) is 15.8. The van der Waals surface area contributed by atoms with Crippen molar-refractivity contribution in [3.8, 4) is 0 Å². The second-order valence-electron chi connectivity index (χ2n) is 10.6. The lowest BCUT2D eigenvalue weighted by Crippen LogP contribution is -2.48. The third kappa shape index (κ3) is 23.7. The van der Waals surface area contributed by atoms with Crippen molar-refractivity contribution in [2.24, 2.45) is 0 Å². The monoisotopic (exact) mass is 535 g/mol. The molecule has 0 heterocycles. The molecule has 0 aromatic carbocycles. The van der Waals surface area contributed by atoms with E-state index in [4.69, 9.17) is 0 Å². The van der Waals surface area contributed by atoms with Gasteiger partial charge in [0.1, 0.15) is 6.10 Å². The summed E-state index contributed by atoms with van der Waals surface area (Å²) in [5.74, 6) is -0.528. The molecular weight excluding hydrogens is 474 g/mol. The number of amides is 1. The maximum Gasteiger partial charge on any atom is 0.249 e. The molecule has 38 heavy (non-hydrogen) atoms. The van der Waals surface area contributed by atoms with E-state index in [1.165, 1.54) is 70.6 Å². The first-order valence-corrected chi connectivity index (χ1v) is 15.8. The van der Waals surface area contributed by atoms with Gasteiger partial charge in [-0.25, -0.2) is 0 Å². The second kappa shape index (κ2) is 28.6. The zero-order valence-electron chi connectivity index (χ0n) is 24.8. The molecule has 4 N–H and O–H groups in total. The molecule has 3 atom stereocenters. The summed E-state index contributed by atoms with van der Waals surface area (Å²) in [6.07, 6.45) is 33.0. The molecule has 0 saturated carbocycles. The summed E-state index contributed by atoms with van der Waals surface area (Å²) in [6.45, 7) is 4.07. The molecule has 0 fully saturated rings. The van der Waals surface area contributed by atoms with Crippen LogP contribution in [0.1, 0.15) is 142 Å². The van der Waals surface area contributed by atoms with Crippen LogP contribution in [0.5, 0.6) is 0 Å². The number of rotatable bonds is 27. The van der Waals surface area contributed by atoms with E-state index in [9.17, 15) is 20.1 Å². The van der Waals surface area contributed by atoms with Crippen molar-refractivity contribution in [1.29, 1.82) is 0 Å². The highest BCUT2D eigenvalue weighted by atomic mass is 16.3. The number of nitrogens with one attached hydrogen (secondary N) is 1. The zero-order chi connectivity index (χ0) is 28.1. The molecule has 0 aliphatic rings. The molecule has 3 unspecified atom stereocenters. The van der Waals surface area contributed by atoms with Gasteiger partial charge in [0, 0.05) is 0 Å². The predicted octanol–water partition coefficient (Wildman–Crippen LogP) is 7.70. The fraction of sp³-hybridized carbons (Fsp3) is 0.788. The van der Waals surface area contributed by atoms with Crippen molar-refractivity contribution in [3.63, 3.8) is 0 Å². The van der Waals surface area contributed by atoms with Crippen molar-refractivity contribution < 1.29 is 20.1 Å².